The summed E-state index contributed by atoms with van der Waals surface area (Å²) in [5, 5.41) is 4.52. The molecule has 0 saturated carbocycles. The lowest BCUT2D eigenvalue weighted by molar-refractivity contribution is 0.670. The molecule has 262 valence electrons. The molecule has 0 aliphatic rings. The van der Waals surface area contributed by atoms with Crippen LogP contribution in [0, 0.1) is 0 Å². The Balaban J connectivity index is 1.15. The molecule has 3 aromatic heterocycles. The molecule has 0 fully saturated rings. The summed E-state index contributed by atoms with van der Waals surface area (Å²) < 4.78 is 9.32. The van der Waals surface area contributed by atoms with E-state index in [0.29, 0.717) is 17.5 Å². The monoisotopic (exact) mass is 733 g/mol. The Labute approximate surface area is 327 Å². The molecule has 56 heavy (non-hydrogen) atoms. The van der Waals surface area contributed by atoms with Gasteiger partial charge in [-0.2, -0.15) is 0 Å². The van der Waals surface area contributed by atoms with Crippen molar-refractivity contribution >= 4 is 53.4 Å². The van der Waals surface area contributed by atoms with Crippen LogP contribution in [0.1, 0.15) is 0 Å². The fourth-order valence-electron chi connectivity index (χ4n) is 7.88. The molecule has 0 bridgehead atoms. The van der Waals surface area contributed by atoms with Crippen molar-refractivity contribution in [3.8, 4) is 67.5 Å². The van der Waals surface area contributed by atoms with E-state index in [9.17, 15) is 0 Å². The minimum Gasteiger partial charge on any atom is -0.455 e. The molecule has 0 amide bonds. The number of para-hydroxylation sites is 1. The summed E-state index contributed by atoms with van der Waals surface area (Å²) in [4.78, 5) is 15.7. The molecule has 0 N–H and O–H groups in total. The van der Waals surface area contributed by atoms with Crippen LogP contribution in [0.4, 0.5) is 0 Å². The molecule has 8 aromatic carbocycles. The molecule has 0 aliphatic heterocycles. The Kier molecular flexibility index (Phi) is 7.64. The molecule has 0 unspecified atom stereocenters. The standard InChI is InChI=1S/C51H31N3OS/c1-3-14-32(15-4-1)34-18-11-20-36(30-34)49-52-50(37-21-12-19-35(31-37)33-16-5-2-6-17-33)54-51(53-49)43-29-28-39(47-46(43)42-23-7-9-26-44(42)55-47)41-25-13-24-40-38-22-8-10-27-45(38)56-48(40)41/h1-31H. The van der Waals surface area contributed by atoms with Crippen LogP contribution in [0.5, 0.6) is 0 Å². The van der Waals surface area contributed by atoms with Crippen molar-refractivity contribution in [3.05, 3.63) is 188 Å². The predicted octanol–water partition coefficient (Wildman–Crippen LogP) is 14.1. The Hall–Kier alpha value is -7.21. The lowest BCUT2D eigenvalue weighted by Gasteiger charge is -2.12. The van der Waals surface area contributed by atoms with Crippen LogP contribution in [-0.2, 0) is 0 Å². The second-order valence-electron chi connectivity index (χ2n) is 13.9. The highest BCUT2D eigenvalue weighted by molar-refractivity contribution is 7.26. The van der Waals surface area contributed by atoms with Crippen molar-refractivity contribution in [1.82, 2.24) is 15.0 Å². The van der Waals surface area contributed by atoms with Gasteiger partial charge in [0.25, 0.3) is 0 Å². The van der Waals surface area contributed by atoms with Crippen LogP contribution in [0.25, 0.3) is 110 Å². The molecule has 0 atom stereocenters. The van der Waals surface area contributed by atoms with Gasteiger partial charge in [0.1, 0.15) is 11.2 Å². The van der Waals surface area contributed by atoms with Gasteiger partial charge in [-0.05, 0) is 58.7 Å². The Bertz CT molecular complexity index is 3160. The number of rotatable bonds is 6. The number of hydrogen-bond acceptors (Lipinski definition) is 5. The summed E-state index contributed by atoms with van der Waals surface area (Å²) in [6.07, 6.45) is 0. The molecule has 5 heteroatoms. The lowest BCUT2D eigenvalue weighted by atomic mass is 9.97. The minimum absolute atomic E-state index is 0.586. The Morgan fingerprint density at radius 1 is 0.357 bits per heavy atom. The van der Waals surface area contributed by atoms with Gasteiger partial charge in [-0.25, -0.2) is 15.0 Å². The van der Waals surface area contributed by atoms with E-state index in [0.717, 1.165) is 72.0 Å². The number of furan rings is 1. The summed E-state index contributed by atoms with van der Waals surface area (Å²) in [6, 6.07) is 65.5. The molecule has 3 heterocycles. The molecular weight excluding hydrogens is 703 g/mol. The normalized spacial score (nSPS) is 11.6. The van der Waals surface area contributed by atoms with E-state index in [4.69, 9.17) is 19.4 Å². The third-order valence-electron chi connectivity index (χ3n) is 10.6. The highest BCUT2D eigenvalue weighted by atomic mass is 32.1. The SMILES string of the molecule is c1ccc(-c2cccc(-c3nc(-c4cccc(-c5ccccc5)c4)nc(-c4ccc(-c5cccc6c5sc5ccccc56)c5oc6ccccc6c45)n3)c2)cc1. The molecule has 0 spiro atoms. The second-order valence-corrected chi connectivity index (χ2v) is 15.0. The summed E-state index contributed by atoms with van der Waals surface area (Å²) in [5.74, 6) is 1.80. The van der Waals surface area contributed by atoms with Crippen LogP contribution < -0.4 is 0 Å². The minimum atomic E-state index is 0.586. The van der Waals surface area contributed by atoms with Gasteiger partial charge in [0.2, 0.25) is 0 Å². The quantitative estimate of drug-likeness (QED) is 0.171. The maximum absolute atomic E-state index is 6.82. The highest BCUT2D eigenvalue weighted by Crippen LogP contribution is 2.46. The summed E-state index contributed by atoms with van der Waals surface area (Å²) >= 11 is 1.82. The first-order valence-electron chi connectivity index (χ1n) is 18.7. The van der Waals surface area contributed by atoms with E-state index in [1.165, 1.54) is 20.2 Å². The summed E-state index contributed by atoms with van der Waals surface area (Å²) in [6.45, 7) is 0. The van der Waals surface area contributed by atoms with Gasteiger partial charge in [-0.1, -0.05) is 152 Å². The van der Waals surface area contributed by atoms with Crippen molar-refractivity contribution in [2.24, 2.45) is 0 Å². The van der Waals surface area contributed by atoms with Crippen molar-refractivity contribution in [2.75, 3.05) is 0 Å². The van der Waals surface area contributed by atoms with Crippen LogP contribution in [0.3, 0.4) is 0 Å². The van der Waals surface area contributed by atoms with Gasteiger partial charge >= 0.3 is 0 Å². The smallest absolute Gasteiger partial charge is 0.164 e. The Morgan fingerprint density at radius 2 is 0.875 bits per heavy atom. The largest absolute Gasteiger partial charge is 0.455 e. The summed E-state index contributed by atoms with van der Waals surface area (Å²) in [5.41, 5.74) is 11.0. The van der Waals surface area contributed by atoms with E-state index < -0.39 is 0 Å². The zero-order valence-corrected chi connectivity index (χ0v) is 30.9. The number of hydrogen-bond donors (Lipinski definition) is 0. The van der Waals surface area contributed by atoms with Gasteiger partial charge in [-0.15, -0.1) is 11.3 Å². The van der Waals surface area contributed by atoms with Gasteiger partial charge in [0, 0.05) is 58.8 Å². The number of nitrogens with zero attached hydrogens (tertiary/aromatic N) is 3. The Morgan fingerprint density at radius 3 is 1.57 bits per heavy atom. The highest BCUT2D eigenvalue weighted by Gasteiger charge is 2.22. The molecule has 4 nitrogen and oxygen atoms in total. The topological polar surface area (TPSA) is 51.8 Å². The molecular formula is C51H31N3OS. The molecule has 11 rings (SSSR count). The van der Waals surface area contributed by atoms with E-state index in [1.807, 2.05) is 35.6 Å². The average molecular weight is 734 g/mol. The van der Waals surface area contributed by atoms with Crippen LogP contribution in [0.15, 0.2) is 192 Å². The first-order valence-corrected chi connectivity index (χ1v) is 19.5. The van der Waals surface area contributed by atoms with E-state index in [1.54, 1.807) is 0 Å². The van der Waals surface area contributed by atoms with Crippen molar-refractivity contribution in [3.63, 3.8) is 0 Å². The van der Waals surface area contributed by atoms with Gasteiger partial charge < -0.3 is 4.42 Å². The number of fused-ring (bicyclic) bond motifs is 6. The van der Waals surface area contributed by atoms with Crippen LogP contribution in [-0.4, -0.2) is 15.0 Å². The zero-order chi connectivity index (χ0) is 37.0. The second kappa shape index (κ2) is 13.3. The van der Waals surface area contributed by atoms with Crippen molar-refractivity contribution < 1.29 is 4.42 Å². The van der Waals surface area contributed by atoms with Crippen LogP contribution >= 0.6 is 11.3 Å². The maximum atomic E-state index is 6.82. The molecule has 0 saturated heterocycles. The van der Waals surface area contributed by atoms with Crippen molar-refractivity contribution in [1.29, 1.82) is 0 Å². The maximum Gasteiger partial charge on any atom is 0.164 e. The van der Waals surface area contributed by atoms with Crippen molar-refractivity contribution in [2.45, 2.75) is 0 Å². The zero-order valence-electron chi connectivity index (χ0n) is 30.1. The third kappa shape index (κ3) is 5.48. The summed E-state index contributed by atoms with van der Waals surface area (Å²) in [7, 11) is 0. The third-order valence-corrected chi connectivity index (χ3v) is 11.8. The average Bonchev–Trinajstić information content (AvgIpc) is 3.86. The lowest BCUT2D eigenvalue weighted by Crippen LogP contribution is -2.01. The van der Waals surface area contributed by atoms with Gasteiger partial charge in [0.05, 0.1) is 0 Å². The first-order chi connectivity index (χ1) is 27.7. The van der Waals surface area contributed by atoms with Gasteiger partial charge in [0.15, 0.2) is 17.5 Å². The number of aromatic nitrogens is 3. The molecule has 0 aliphatic carbocycles. The van der Waals surface area contributed by atoms with E-state index in [-0.39, 0.29) is 0 Å². The van der Waals surface area contributed by atoms with Gasteiger partial charge in [-0.3, -0.25) is 0 Å². The van der Waals surface area contributed by atoms with Crippen LogP contribution in [0.2, 0.25) is 0 Å². The van der Waals surface area contributed by atoms with E-state index >= 15 is 0 Å². The number of benzene rings is 8. The number of thiophene rings is 1. The van der Waals surface area contributed by atoms with E-state index in [2.05, 4.69) is 164 Å². The first kappa shape index (κ1) is 32.2. The molecule has 11 aromatic rings. The predicted molar refractivity (Wildman–Crippen MR) is 233 cm³/mol. The molecule has 0 radical (unpaired) electrons. The fraction of sp³-hybridized carbons (Fsp3) is 0. The fourth-order valence-corrected chi connectivity index (χ4v) is 9.11.